The second-order valence-corrected chi connectivity index (χ2v) is 7.83. The molecule has 0 fully saturated rings. The van der Waals surface area contributed by atoms with E-state index in [9.17, 15) is 5.11 Å². The number of pyridine rings is 1. The lowest BCUT2D eigenvalue weighted by Crippen LogP contribution is -2.22. The van der Waals surface area contributed by atoms with Crippen molar-refractivity contribution in [1.29, 1.82) is 0 Å². The lowest BCUT2D eigenvalue weighted by Gasteiger charge is -2.19. The molecule has 0 aliphatic heterocycles. The maximum atomic E-state index is 10.3. The molecule has 2 N–H and O–H groups in total. The number of fused-ring (bicyclic) bond motifs is 1. The highest BCUT2D eigenvalue weighted by atomic mass is 35.5. The number of halogens is 2. The predicted octanol–water partition coefficient (Wildman–Crippen LogP) is 5.52. The first-order valence-corrected chi connectivity index (χ1v) is 9.74. The molecule has 2 atom stereocenters. The van der Waals surface area contributed by atoms with Crippen LogP contribution in [-0.2, 0) is 5.60 Å². The van der Waals surface area contributed by atoms with E-state index in [4.69, 9.17) is 23.2 Å². The Morgan fingerprint density at radius 2 is 1.89 bits per heavy atom. The number of aromatic nitrogens is 3. The fourth-order valence-corrected chi connectivity index (χ4v) is 2.97. The summed E-state index contributed by atoms with van der Waals surface area (Å²) in [6.45, 7) is 9.31. The first-order chi connectivity index (χ1) is 13.2. The minimum absolute atomic E-state index is 0.401. The van der Waals surface area contributed by atoms with Crippen LogP contribution in [0, 0.1) is 0 Å². The summed E-state index contributed by atoms with van der Waals surface area (Å²) in [6.07, 6.45) is 5.54. The van der Waals surface area contributed by atoms with Crippen molar-refractivity contribution in [3.8, 4) is 11.1 Å². The summed E-state index contributed by atoms with van der Waals surface area (Å²) in [6, 6.07) is 5.82. The summed E-state index contributed by atoms with van der Waals surface area (Å²) in [4.78, 5) is 13.1. The molecule has 0 aliphatic rings. The molecule has 3 rings (SSSR count). The third-order valence-corrected chi connectivity index (χ3v) is 5.45. The Morgan fingerprint density at radius 3 is 2.50 bits per heavy atom. The number of aliphatic hydroxyl groups is 1. The van der Waals surface area contributed by atoms with Crippen LogP contribution in [0.5, 0.6) is 0 Å². The van der Waals surface area contributed by atoms with Crippen LogP contribution in [0.1, 0.15) is 33.0 Å². The Morgan fingerprint density at radius 1 is 1.21 bits per heavy atom. The van der Waals surface area contributed by atoms with Crippen LogP contribution < -0.4 is 5.32 Å². The maximum Gasteiger partial charge on any atom is 0.159 e. The average Bonchev–Trinajstić information content (AvgIpc) is 2.69. The Balaban J connectivity index is 2.05. The first kappa shape index (κ1) is 20.5. The highest BCUT2D eigenvalue weighted by Crippen LogP contribution is 2.34. The van der Waals surface area contributed by atoms with Gasteiger partial charge in [-0.15, -0.1) is 0 Å². The van der Waals surface area contributed by atoms with Gasteiger partial charge in [-0.25, -0.2) is 9.97 Å². The van der Waals surface area contributed by atoms with Crippen molar-refractivity contribution < 1.29 is 5.11 Å². The van der Waals surface area contributed by atoms with E-state index in [0.29, 0.717) is 23.0 Å². The SMILES string of the molecule is C=C(C)[C@@H](Cl)Nc1c(Cl)cnc2ccc(-c3cnc(C(C)(O)CC)nc3)cc12. The largest absolute Gasteiger partial charge is 0.382 e. The van der Waals surface area contributed by atoms with Crippen LogP contribution in [-0.4, -0.2) is 25.6 Å². The van der Waals surface area contributed by atoms with Crippen LogP contribution >= 0.6 is 23.2 Å². The van der Waals surface area contributed by atoms with Gasteiger partial charge >= 0.3 is 0 Å². The summed E-state index contributed by atoms with van der Waals surface area (Å²) in [7, 11) is 0. The van der Waals surface area contributed by atoms with Gasteiger partial charge in [-0.05, 0) is 43.5 Å². The van der Waals surface area contributed by atoms with Crippen LogP contribution in [0.4, 0.5) is 5.69 Å². The summed E-state index contributed by atoms with van der Waals surface area (Å²) >= 11 is 12.7. The van der Waals surface area contributed by atoms with E-state index in [0.717, 1.165) is 27.6 Å². The van der Waals surface area contributed by atoms with Gasteiger partial charge in [0.15, 0.2) is 5.82 Å². The summed E-state index contributed by atoms with van der Waals surface area (Å²) in [5.41, 5.74) is 2.50. The molecule has 0 bridgehead atoms. The van der Waals surface area contributed by atoms with Gasteiger partial charge in [-0.1, -0.05) is 42.8 Å². The Hall–Kier alpha value is -2.21. The van der Waals surface area contributed by atoms with Crippen molar-refractivity contribution in [3.05, 3.63) is 59.8 Å². The smallest absolute Gasteiger partial charge is 0.159 e. The number of anilines is 1. The van der Waals surface area contributed by atoms with E-state index >= 15 is 0 Å². The van der Waals surface area contributed by atoms with Gasteiger partial charge in [-0.3, -0.25) is 4.98 Å². The Labute approximate surface area is 174 Å². The van der Waals surface area contributed by atoms with Crippen molar-refractivity contribution in [1.82, 2.24) is 15.0 Å². The second kappa shape index (κ2) is 8.03. The Bertz CT molecular complexity index is 1020. The normalized spacial score (nSPS) is 14.5. The molecule has 5 nitrogen and oxygen atoms in total. The quantitative estimate of drug-likeness (QED) is 0.314. The third kappa shape index (κ3) is 4.12. The van der Waals surface area contributed by atoms with Crippen molar-refractivity contribution in [2.75, 3.05) is 5.32 Å². The first-order valence-electron chi connectivity index (χ1n) is 8.92. The maximum absolute atomic E-state index is 10.3. The lowest BCUT2D eigenvalue weighted by atomic mass is 10.0. The van der Waals surface area contributed by atoms with Gasteiger partial charge in [0.05, 0.1) is 16.2 Å². The Kier molecular flexibility index (Phi) is 5.89. The molecule has 0 saturated carbocycles. The molecule has 0 aliphatic carbocycles. The predicted molar refractivity (Wildman–Crippen MR) is 116 cm³/mol. The van der Waals surface area contributed by atoms with Gasteiger partial charge in [0.25, 0.3) is 0 Å². The number of nitrogens with one attached hydrogen (secondary N) is 1. The van der Waals surface area contributed by atoms with Crippen molar-refractivity contribution in [3.63, 3.8) is 0 Å². The van der Waals surface area contributed by atoms with E-state index in [1.807, 2.05) is 32.0 Å². The third-order valence-electron chi connectivity index (χ3n) is 4.68. The van der Waals surface area contributed by atoms with Gasteiger partial charge < -0.3 is 10.4 Å². The molecule has 146 valence electrons. The zero-order chi connectivity index (χ0) is 20.5. The highest BCUT2D eigenvalue weighted by molar-refractivity contribution is 6.35. The van der Waals surface area contributed by atoms with E-state index in [-0.39, 0.29) is 0 Å². The topological polar surface area (TPSA) is 70.9 Å². The summed E-state index contributed by atoms with van der Waals surface area (Å²) in [5, 5.41) is 14.8. The number of hydrogen-bond acceptors (Lipinski definition) is 5. The van der Waals surface area contributed by atoms with Crippen molar-refractivity contribution >= 4 is 39.8 Å². The minimum Gasteiger partial charge on any atom is -0.382 e. The van der Waals surface area contributed by atoms with Gasteiger partial charge in [-0.2, -0.15) is 0 Å². The summed E-state index contributed by atoms with van der Waals surface area (Å²) in [5.74, 6) is 0.401. The molecule has 1 aromatic carbocycles. The number of benzene rings is 1. The minimum atomic E-state index is -1.05. The van der Waals surface area contributed by atoms with Crippen molar-refractivity contribution in [2.24, 2.45) is 0 Å². The van der Waals surface area contributed by atoms with Gasteiger partial charge in [0.2, 0.25) is 0 Å². The van der Waals surface area contributed by atoms with Gasteiger partial charge in [0, 0.05) is 29.5 Å². The highest BCUT2D eigenvalue weighted by Gasteiger charge is 2.23. The monoisotopic (exact) mass is 416 g/mol. The fourth-order valence-electron chi connectivity index (χ4n) is 2.66. The molecule has 0 amide bonds. The molecule has 7 heteroatoms. The standard InChI is InChI=1S/C21H22Cl2N4O/c1-5-21(4,28)20-25-9-14(10-26-20)13-6-7-17-15(8-13)18(16(22)11-24-17)27-19(23)12(2)3/h6-11,19,28H,2,5H2,1,3-4H3,(H,24,27)/t19-,21?/m0/s1. The molecule has 0 radical (unpaired) electrons. The summed E-state index contributed by atoms with van der Waals surface area (Å²) < 4.78 is 0. The van der Waals surface area contributed by atoms with Crippen LogP contribution in [0.15, 0.2) is 48.9 Å². The molecule has 0 spiro atoms. The number of rotatable bonds is 6. The zero-order valence-electron chi connectivity index (χ0n) is 16.0. The molecule has 3 aromatic rings. The number of nitrogens with zero attached hydrogens (tertiary/aromatic N) is 3. The molecule has 1 unspecified atom stereocenters. The molecule has 2 heterocycles. The number of alkyl halides is 1. The van der Waals surface area contributed by atoms with E-state index < -0.39 is 11.1 Å². The van der Waals surface area contributed by atoms with Crippen LogP contribution in [0.3, 0.4) is 0 Å². The van der Waals surface area contributed by atoms with E-state index in [2.05, 4.69) is 26.8 Å². The zero-order valence-corrected chi connectivity index (χ0v) is 17.5. The second-order valence-electron chi connectivity index (χ2n) is 6.99. The molecule has 0 saturated heterocycles. The lowest BCUT2D eigenvalue weighted by molar-refractivity contribution is 0.0436. The van der Waals surface area contributed by atoms with Crippen LogP contribution in [0.2, 0.25) is 5.02 Å². The molecule has 28 heavy (non-hydrogen) atoms. The van der Waals surface area contributed by atoms with Gasteiger partial charge in [0.1, 0.15) is 11.1 Å². The number of hydrogen-bond donors (Lipinski definition) is 2. The van der Waals surface area contributed by atoms with Crippen LogP contribution in [0.25, 0.3) is 22.0 Å². The molecular formula is C21H22Cl2N4O. The van der Waals surface area contributed by atoms with Crippen molar-refractivity contribution in [2.45, 2.75) is 38.3 Å². The molecular weight excluding hydrogens is 395 g/mol. The van der Waals surface area contributed by atoms with E-state index in [1.165, 1.54) is 0 Å². The van der Waals surface area contributed by atoms with E-state index in [1.54, 1.807) is 25.5 Å². The fraction of sp³-hybridized carbons (Fsp3) is 0.286. The molecule has 2 aromatic heterocycles. The average molecular weight is 417 g/mol.